The smallest absolute Gasteiger partial charge is 0.234 e. The summed E-state index contributed by atoms with van der Waals surface area (Å²) in [5, 5.41) is 6.85. The van der Waals surface area contributed by atoms with Gasteiger partial charge in [-0.1, -0.05) is 15.9 Å². The van der Waals surface area contributed by atoms with Crippen molar-refractivity contribution in [1.82, 2.24) is 5.32 Å². The maximum atomic E-state index is 11.8. The lowest BCUT2D eigenvalue weighted by molar-refractivity contribution is -0.113. The molecule has 0 spiro atoms. The van der Waals surface area contributed by atoms with Crippen molar-refractivity contribution < 1.29 is 4.79 Å². The second kappa shape index (κ2) is 6.59. The van der Waals surface area contributed by atoms with Crippen LogP contribution in [0.2, 0.25) is 0 Å². The number of carbonyl (C=O) groups excluding carboxylic acids is 1. The van der Waals surface area contributed by atoms with E-state index in [2.05, 4.69) is 26.6 Å². The van der Waals surface area contributed by atoms with Gasteiger partial charge >= 0.3 is 0 Å². The number of benzene rings is 1. The van der Waals surface area contributed by atoms with E-state index >= 15 is 0 Å². The van der Waals surface area contributed by atoms with Crippen LogP contribution in [0.5, 0.6) is 0 Å². The van der Waals surface area contributed by atoms with Crippen molar-refractivity contribution in [3.05, 3.63) is 28.2 Å². The van der Waals surface area contributed by atoms with Crippen molar-refractivity contribution in [3.63, 3.8) is 0 Å². The second-order valence-corrected chi connectivity index (χ2v) is 6.64. The van der Waals surface area contributed by atoms with E-state index in [0.717, 1.165) is 35.2 Å². The molecule has 18 heavy (non-hydrogen) atoms. The zero-order valence-electron chi connectivity index (χ0n) is 10.3. The first-order chi connectivity index (χ1) is 8.65. The highest BCUT2D eigenvalue weighted by Crippen LogP contribution is 2.21. The minimum Gasteiger partial charge on any atom is -0.325 e. The number of amides is 1. The predicted molar refractivity (Wildman–Crippen MR) is 81.2 cm³/mol. The zero-order valence-corrected chi connectivity index (χ0v) is 12.7. The van der Waals surface area contributed by atoms with E-state index in [4.69, 9.17) is 0 Å². The van der Waals surface area contributed by atoms with Gasteiger partial charge in [0.2, 0.25) is 5.91 Å². The molecule has 1 aromatic rings. The molecule has 0 saturated carbocycles. The first kappa shape index (κ1) is 13.9. The summed E-state index contributed by atoms with van der Waals surface area (Å²) < 4.78 is 1.03. The highest BCUT2D eigenvalue weighted by molar-refractivity contribution is 9.10. The standard InChI is InChI=1S/C13H17BrN2OS/c1-9-6-10(14)2-3-12(9)16-13(17)8-18-11-4-5-15-7-11/h2-3,6,11,15H,4-5,7-8H2,1H3,(H,16,17). The summed E-state index contributed by atoms with van der Waals surface area (Å²) in [4.78, 5) is 11.8. The minimum absolute atomic E-state index is 0.0809. The van der Waals surface area contributed by atoms with Crippen LogP contribution in [0.25, 0.3) is 0 Å². The molecule has 2 N–H and O–H groups in total. The molecule has 1 unspecified atom stereocenters. The summed E-state index contributed by atoms with van der Waals surface area (Å²) in [6.45, 7) is 4.09. The fourth-order valence-corrected chi connectivity index (χ4v) is 3.37. The molecule has 0 aromatic heterocycles. The van der Waals surface area contributed by atoms with Gasteiger partial charge in [0.05, 0.1) is 5.75 Å². The van der Waals surface area contributed by atoms with E-state index in [1.54, 1.807) is 11.8 Å². The van der Waals surface area contributed by atoms with E-state index in [-0.39, 0.29) is 5.91 Å². The van der Waals surface area contributed by atoms with Crippen molar-refractivity contribution >= 4 is 39.3 Å². The van der Waals surface area contributed by atoms with Crippen LogP contribution < -0.4 is 10.6 Å². The number of anilines is 1. The molecule has 0 aliphatic carbocycles. The topological polar surface area (TPSA) is 41.1 Å². The Kier molecular flexibility index (Phi) is 5.09. The van der Waals surface area contributed by atoms with Crippen LogP contribution in [0, 0.1) is 6.92 Å². The van der Waals surface area contributed by atoms with Gasteiger partial charge in [0.15, 0.2) is 0 Å². The van der Waals surface area contributed by atoms with Crippen molar-refractivity contribution in [3.8, 4) is 0 Å². The van der Waals surface area contributed by atoms with Crippen LogP contribution in [0.15, 0.2) is 22.7 Å². The molecule has 1 aliphatic heterocycles. The fourth-order valence-electron chi connectivity index (χ4n) is 1.92. The van der Waals surface area contributed by atoms with Gasteiger partial charge in [-0.15, -0.1) is 11.8 Å². The molecule has 2 rings (SSSR count). The van der Waals surface area contributed by atoms with Crippen LogP contribution in [0.1, 0.15) is 12.0 Å². The van der Waals surface area contributed by atoms with Crippen LogP contribution in [0.3, 0.4) is 0 Å². The predicted octanol–water partition coefficient (Wildman–Crippen LogP) is 2.79. The lowest BCUT2D eigenvalue weighted by atomic mass is 10.2. The van der Waals surface area contributed by atoms with Gasteiger partial charge in [0.25, 0.3) is 0 Å². The third-order valence-electron chi connectivity index (χ3n) is 2.93. The lowest BCUT2D eigenvalue weighted by Gasteiger charge is -2.10. The van der Waals surface area contributed by atoms with Gasteiger partial charge in [0, 0.05) is 22.0 Å². The van der Waals surface area contributed by atoms with Gasteiger partial charge in [-0.2, -0.15) is 0 Å². The van der Waals surface area contributed by atoms with Crippen LogP contribution in [-0.4, -0.2) is 30.0 Å². The normalized spacial score (nSPS) is 18.9. The number of rotatable bonds is 4. The van der Waals surface area contributed by atoms with Crippen molar-refractivity contribution in [1.29, 1.82) is 0 Å². The Balaban J connectivity index is 1.82. The monoisotopic (exact) mass is 328 g/mol. The number of carbonyl (C=O) groups is 1. The average Bonchev–Trinajstić information content (AvgIpc) is 2.83. The van der Waals surface area contributed by atoms with Gasteiger partial charge < -0.3 is 10.6 Å². The molecule has 0 bridgehead atoms. The molecule has 0 radical (unpaired) electrons. The Bertz CT molecular complexity index is 433. The molecule has 1 aromatic carbocycles. The van der Waals surface area contributed by atoms with Crippen molar-refractivity contribution in [2.75, 3.05) is 24.2 Å². The zero-order chi connectivity index (χ0) is 13.0. The number of hydrogen-bond acceptors (Lipinski definition) is 3. The van der Waals surface area contributed by atoms with Crippen LogP contribution in [0.4, 0.5) is 5.69 Å². The Morgan fingerprint density at radius 1 is 1.61 bits per heavy atom. The van der Waals surface area contributed by atoms with Crippen molar-refractivity contribution in [2.24, 2.45) is 0 Å². The van der Waals surface area contributed by atoms with Crippen LogP contribution in [-0.2, 0) is 4.79 Å². The summed E-state index contributed by atoms with van der Waals surface area (Å²) >= 11 is 5.15. The Morgan fingerprint density at radius 3 is 3.11 bits per heavy atom. The van der Waals surface area contributed by atoms with Gasteiger partial charge in [-0.25, -0.2) is 0 Å². The SMILES string of the molecule is Cc1cc(Br)ccc1NC(=O)CSC1CCNC1. The molecular formula is C13H17BrN2OS. The largest absolute Gasteiger partial charge is 0.325 e. The maximum absolute atomic E-state index is 11.8. The van der Waals surface area contributed by atoms with E-state index in [1.165, 1.54) is 0 Å². The molecule has 1 saturated heterocycles. The summed E-state index contributed by atoms with van der Waals surface area (Å²) in [5.74, 6) is 0.610. The molecule has 1 fully saturated rings. The summed E-state index contributed by atoms with van der Waals surface area (Å²) in [7, 11) is 0. The maximum Gasteiger partial charge on any atom is 0.234 e. The Morgan fingerprint density at radius 2 is 2.44 bits per heavy atom. The van der Waals surface area contributed by atoms with E-state index in [1.807, 2.05) is 25.1 Å². The summed E-state index contributed by atoms with van der Waals surface area (Å²) in [5.41, 5.74) is 1.97. The van der Waals surface area contributed by atoms with E-state index < -0.39 is 0 Å². The fraction of sp³-hybridized carbons (Fsp3) is 0.462. The molecule has 1 atom stereocenters. The third-order valence-corrected chi connectivity index (χ3v) is 4.72. The van der Waals surface area contributed by atoms with Crippen molar-refractivity contribution in [2.45, 2.75) is 18.6 Å². The summed E-state index contributed by atoms with van der Waals surface area (Å²) in [6, 6.07) is 5.87. The molecule has 1 amide bonds. The Hall–Kier alpha value is -0.520. The quantitative estimate of drug-likeness (QED) is 0.892. The number of nitrogens with one attached hydrogen (secondary N) is 2. The molecular weight excluding hydrogens is 312 g/mol. The van der Waals surface area contributed by atoms with Gasteiger partial charge in [-0.3, -0.25) is 4.79 Å². The lowest BCUT2D eigenvalue weighted by Crippen LogP contribution is -2.18. The minimum atomic E-state index is 0.0809. The number of aryl methyl sites for hydroxylation is 1. The van der Waals surface area contributed by atoms with E-state index in [9.17, 15) is 4.79 Å². The first-order valence-electron chi connectivity index (χ1n) is 6.03. The van der Waals surface area contributed by atoms with E-state index in [0.29, 0.717) is 11.0 Å². The number of thioether (sulfide) groups is 1. The average molecular weight is 329 g/mol. The molecule has 5 heteroatoms. The molecule has 98 valence electrons. The first-order valence-corrected chi connectivity index (χ1v) is 7.87. The van der Waals surface area contributed by atoms with Gasteiger partial charge in [0.1, 0.15) is 0 Å². The summed E-state index contributed by atoms with van der Waals surface area (Å²) in [6.07, 6.45) is 1.16. The molecule has 1 aliphatic rings. The highest BCUT2D eigenvalue weighted by atomic mass is 79.9. The number of halogens is 1. The second-order valence-electron chi connectivity index (χ2n) is 4.43. The highest BCUT2D eigenvalue weighted by Gasteiger charge is 2.16. The molecule has 3 nitrogen and oxygen atoms in total. The van der Waals surface area contributed by atoms with Crippen LogP contribution >= 0.6 is 27.7 Å². The number of hydrogen-bond donors (Lipinski definition) is 2. The third kappa shape index (κ3) is 4.00. The molecule has 1 heterocycles. The van der Waals surface area contributed by atoms with Gasteiger partial charge in [-0.05, 0) is 43.7 Å². The Labute approximate surface area is 120 Å².